The van der Waals surface area contributed by atoms with Crippen molar-refractivity contribution >= 4 is 17.9 Å². The highest BCUT2D eigenvalue weighted by Gasteiger charge is 2.17. The lowest BCUT2D eigenvalue weighted by Crippen LogP contribution is -2.27. The van der Waals surface area contributed by atoms with Crippen LogP contribution in [0.4, 0.5) is 10.6 Å². The van der Waals surface area contributed by atoms with E-state index in [1.54, 1.807) is 46.8 Å². The fraction of sp³-hybridized carbons (Fsp3) is 0.571. The molecule has 0 unspecified atom stereocenters. The molecule has 1 aromatic heterocycles. The summed E-state index contributed by atoms with van der Waals surface area (Å²) in [5.74, 6) is -0.0231. The number of amides is 1. The smallest absolute Gasteiger partial charge is 0.413 e. The summed E-state index contributed by atoms with van der Waals surface area (Å²) in [6.45, 7) is 19.3. The number of aryl methyl sites for hydroxylation is 1. The van der Waals surface area contributed by atoms with Crippen LogP contribution in [0.1, 0.15) is 52.8 Å². The molecule has 0 aliphatic carbocycles. The van der Waals surface area contributed by atoms with Gasteiger partial charge >= 0.3 is 12.1 Å². The molecule has 0 aromatic carbocycles. The molecule has 0 bridgehead atoms. The minimum Gasteiger partial charge on any atom is -0.463 e. The first kappa shape index (κ1) is 25.6. The van der Waals surface area contributed by atoms with Crippen molar-refractivity contribution in [1.82, 2.24) is 10.3 Å². The zero-order chi connectivity index (χ0) is 21.7. The van der Waals surface area contributed by atoms with Gasteiger partial charge in [0, 0.05) is 17.7 Å². The second kappa shape index (κ2) is 12.9. The van der Waals surface area contributed by atoms with Gasteiger partial charge in [0.05, 0.1) is 6.61 Å². The van der Waals surface area contributed by atoms with Gasteiger partial charge in [-0.15, -0.1) is 0 Å². The molecule has 28 heavy (non-hydrogen) atoms. The van der Waals surface area contributed by atoms with Crippen molar-refractivity contribution in [2.24, 2.45) is 0 Å². The zero-order valence-corrected chi connectivity index (χ0v) is 18.3. The molecule has 0 spiro atoms. The van der Waals surface area contributed by atoms with Gasteiger partial charge in [0.15, 0.2) is 0 Å². The van der Waals surface area contributed by atoms with Crippen LogP contribution in [0.15, 0.2) is 24.3 Å². The van der Waals surface area contributed by atoms with Gasteiger partial charge < -0.3 is 14.8 Å². The maximum Gasteiger partial charge on any atom is 0.413 e. The number of rotatable bonds is 7. The maximum atomic E-state index is 11.7. The molecule has 1 rings (SSSR count). The lowest BCUT2D eigenvalue weighted by Gasteiger charge is -2.19. The highest BCUT2D eigenvalue weighted by atomic mass is 16.6. The van der Waals surface area contributed by atoms with Gasteiger partial charge in [-0.25, -0.2) is 14.6 Å². The quantitative estimate of drug-likeness (QED) is 0.537. The number of hydrogen-bond donors (Lipinski definition) is 2. The van der Waals surface area contributed by atoms with E-state index >= 15 is 0 Å². The van der Waals surface area contributed by atoms with Crippen molar-refractivity contribution in [3.8, 4) is 0 Å². The Bertz CT molecular complexity index is 650. The molecule has 0 aliphatic heterocycles. The highest BCUT2D eigenvalue weighted by molar-refractivity contribution is 5.88. The van der Waals surface area contributed by atoms with Crippen LogP contribution in [0.2, 0.25) is 0 Å². The van der Waals surface area contributed by atoms with E-state index in [2.05, 4.69) is 36.0 Å². The second-order valence-corrected chi connectivity index (χ2v) is 7.03. The first-order valence-corrected chi connectivity index (χ1v) is 9.56. The molecule has 0 radical (unpaired) electrons. The molecular weight excluding hydrogens is 358 g/mol. The third-order valence-corrected chi connectivity index (χ3v) is 3.29. The average molecular weight is 394 g/mol. The first-order valence-electron chi connectivity index (χ1n) is 9.56. The third kappa shape index (κ3) is 11.3. The third-order valence-electron chi connectivity index (χ3n) is 3.29. The lowest BCUT2D eigenvalue weighted by atomic mass is 10.1. The molecule has 2 N–H and O–H groups in total. The molecule has 1 amide bonds. The number of carbonyl (C=O) groups is 2. The van der Waals surface area contributed by atoms with Crippen molar-refractivity contribution < 1.29 is 19.1 Å². The van der Waals surface area contributed by atoms with E-state index in [0.717, 1.165) is 18.7 Å². The van der Waals surface area contributed by atoms with Crippen LogP contribution < -0.4 is 10.6 Å². The van der Waals surface area contributed by atoms with Crippen molar-refractivity contribution in [2.45, 2.75) is 60.5 Å². The normalized spacial score (nSPS) is 10.4. The molecular formula is C21H35N3O4. The number of hydrogen-bond acceptors (Lipinski definition) is 6. The number of nitrogens with zero attached hydrogens (tertiary/aromatic N) is 1. The Labute approximate surface area is 168 Å². The summed E-state index contributed by atoms with van der Waals surface area (Å²) in [5.41, 5.74) is 1.34. The van der Waals surface area contributed by atoms with Crippen molar-refractivity contribution in [1.29, 1.82) is 0 Å². The Kier molecular flexibility index (Phi) is 11.8. The number of ether oxygens (including phenoxy) is 2. The van der Waals surface area contributed by atoms with Gasteiger partial charge in [0.2, 0.25) is 0 Å². The number of pyridine rings is 1. The highest BCUT2D eigenvalue weighted by Crippen LogP contribution is 2.16. The number of anilines is 1. The second-order valence-electron chi connectivity index (χ2n) is 7.03. The van der Waals surface area contributed by atoms with Crippen LogP contribution in [0, 0.1) is 6.92 Å². The Morgan fingerprint density at radius 1 is 1.14 bits per heavy atom. The molecule has 0 saturated carbocycles. The number of aromatic nitrogens is 1. The van der Waals surface area contributed by atoms with Crippen molar-refractivity contribution in [2.75, 3.05) is 25.0 Å². The van der Waals surface area contributed by atoms with Gasteiger partial charge in [-0.2, -0.15) is 0 Å². The van der Waals surface area contributed by atoms with Gasteiger partial charge in [-0.3, -0.25) is 5.32 Å². The molecule has 0 fully saturated rings. The number of carbonyl (C=O) groups excluding carboxylic acids is 2. The zero-order valence-electron chi connectivity index (χ0n) is 18.3. The molecule has 158 valence electrons. The van der Waals surface area contributed by atoms with Gasteiger partial charge in [0.1, 0.15) is 11.4 Å². The Hall–Kier alpha value is -2.41. The first-order chi connectivity index (χ1) is 13.0. The van der Waals surface area contributed by atoms with Crippen LogP contribution in [-0.2, 0) is 20.7 Å². The van der Waals surface area contributed by atoms with Crippen LogP contribution >= 0.6 is 0 Å². The molecule has 0 saturated heterocycles. The molecule has 1 heterocycles. The van der Waals surface area contributed by atoms with E-state index in [1.807, 2.05) is 0 Å². The Morgan fingerprint density at radius 2 is 1.75 bits per heavy atom. The van der Waals surface area contributed by atoms with Crippen LogP contribution in [0.5, 0.6) is 0 Å². The van der Waals surface area contributed by atoms with E-state index in [1.165, 1.54) is 0 Å². The average Bonchev–Trinajstić information content (AvgIpc) is 2.57. The fourth-order valence-corrected chi connectivity index (χ4v) is 2.04. The van der Waals surface area contributed by atoms with Crippen LogP contribution in [0.3, 0.4) is 0 Å². The van der Waals surface area contributed by atoms with Crippen molar-refractivity contribution in [3.63, 3.8) is 0 Å². The molecule has 7 nitrogen and oxygen atoms in total. The molecule has 7 heteroatoms. The van der Waals surface area contributed by atoms with Crippen molar-refractivity contribution in [3.05, 3.63) is 35.5 Å². The summed E-state index contributed by atoms with van der Waals surface area (Å²) >= 11 is 0. The number of esters is 1. The van der Waals surface area contributed by atoms with Gasteiger partial charge in [-0.05, 0) is 59.3 Å². The SMILES string of the molecule is C=C(Cc1ccc(NC(=O)OC(C)(C)C)nc1C)C(=O)OCC.CCNCC. The monoisotopic (exact) mass is 393 g/mol. The molecule has 0 aliphatic rings. The fourth-order valence-electron chi connectivity index (χ4n) is 2.04. The van der Waals surface area contributed by atoms with E-state index in [4.69, 9.17) is 9.47 Å². The van der Waals surface area contributed by atoms with E-state index in [9.17, 15) is 9.59 Å². The Balaban J connectivity index is 0.00000129. The Morgan fingerprint density at radius 3 is 2.18 bits per heavy atom. The summed E-state index contributed by atoms with van der Waals surface area (Å²) in [7, 11) is 0. The topological polar surface area (TPSA) is 89.5 Å². The van der Waals surface area contributed by atoms with Crippen LogP contribution in [0.25, 0.3) is 0 Å². The largest absolute Gasteiger partial charge is 0.463 e. The van der Waals surface area contributed by atoms with E-state index in [0.29, 0.717) is 30.1 Å². The minimum absolute atomic E-state index is 0.313. The van der Waals surface area contributed by atoms with Gasteiger partial charge in [-0.1, -0.05) is 26.5 Å². The van der Waals surface area contributed by atoms with E-state index in [-0.39, 0.29) is 0 Å². The minimum atomic E-state index is -0.573. The van der Waals surface area contributed by atoms with E-state index < -0.39 is 17.7 Å². The predicted octanol–water partition coefficient (Wildman–Crippen LogP) is 4.01. The summed E-state index contributed by atoms with van der Waals surface area (Å²) in [4.78, 5) is 27.6. The predicted molar refractivity (Wildman–Crippen MR) is 113 cm³/mol. The summed E-state index contributed by atoms with van der Waals surface area (Å²) in [6, 6.07) is 3.45. The summed E-state index contributed by atoms with van der Waals surface area (Å²) in [6.07, 6.45) is -0.210. The van der Waals surface area contributed by atoms with Gasteiger partial charge in [0.25, 0.3) is 0 Å². The maximum absolute atomic E-state index is 11.7. The lowest BCUT2D eigenvalue weighted by molar-refractivity contribution is -0.138. The summed E-state index contributed by atoms with van der Waals surface area (Å²) in [5, 5.41) is 5.69. The van der Waals surface area contributed by atoms with Crippen LogP contribution in [-0.4, -0.2) is 42.3 Å². The number of nitrogens with one attached hydrogen (secondary N) is 2. The standard InChI is InChI=1S/C17H24N2O4.C4H11N/c1-7-22-15(20)11(2)10-13-8-9-14(18-12(13)3)19-16(21)23-17(4,5)6;1-3-5-4-2/h8-9H,2,7,10H2,1,3-6H3,(H,18,19,21);5H,3-4H2,1-2H3. The molecule has 0 atom stereocenters. The molecule has 1 aromatic rings. The summed E-state index contributed by atoms with van der Waals surface area (Å²) < 4.78 is 10.1.